The van der Waals surface area contributed by atoms with E-state index in [4.69, 9.17) is 0 Å². The van der Waals surface area contributed by atoms with Gasteiger partial charge in [0.15, 0.2) is 0 Å². The molecule has 1 N–H and O–H groups in total. The topological polar surface area (TPSA) is 45.2 Å². The van der Waals surface area contributed by atoms with Crippen molar-refractivity contribution in [1.82, 2.24) is 10.3 Å². The second-order valence-electron chi connectivity index (χ2n) is 4.79. The van der Waals surface area contributed by atoms with Crippen LogP contribution in [0.5, 0.6) is 0 Å². The molecule has 100 valence electrons. The molecule has 1 aromatic heterocycles. The first-order valence-electron chi connectivity index (χ1n) is 6.45. The zero-order valence-electron chi connectivity index (χ0n) is 11.7. The molecule has 1 heterocycles. The summed E-state index contributed by atoms with van der Waals surface area (Å²) in [4.78, 5) is 18.1. The Morgan fingerprint density at radius 2 is 2.22 bits per heavy atom. The monoisotopic (exact) mass is 249 g/mol. The van der Waals surface area contributed by atoms with Crippen LogP contribution in [-0.2, 0) is 11.3 Å². The van der Waals surface area contributed by atoms with Gasteiger partial charge in [-0.2, -0.15) is 0 Å². The van der Waals surface area contributed by atoms with Gasteiger partial charge in [0, 0.05) is 38.3 Å². The zero-order valence-corrected chi connectivity index (χ0v) is 11.7. The number of hydrogen-bond donors (Lipinski definition) is 1. The first-order chi connectivity index (χ1) is 8.56. The summed E-state index contributed by atoms with van der Waals surface area (Å²) in [5.41, 5.74) is 1.04. The summed E-state index contributed by atoms with van der Waals surface area (Å²) < 4.78 is 0. The van der Waals surface area contributed by atoms with Crippen LogP contribution in [0, 0.1) is 5.92 Å². The third-order valence-electron chi connectivity index (χ3n) is 2.91. The highest BCUT2D eigenvalue weighted by molar-refractivity contribution is 5.78. The highest BCUT2D eigenvalue weighted by atomic mass is 16.1. The minimum Gasteiger partial charge on any atom is -0.362 e. The van der Waals surface area contributed by atoms with E-state index in [1.807, 2.05) is 38.1 Å². The number of pyridine rings is 1. The Labute approximate surface area is 109 Å². The number of nitrogens with one attached hydrogen (secondary N) is 1. The first-order valence-corrected chi connectivity index (χ1v) is 6.45. The summed E-state index contributed by atoms with van der Waals surface area (Å²) >= 11 is 0. The predicted octanol–water partition coefficient (Wildman–Crippen LogP) is 2.20. The van der Waals surface area contributed by atoms with Crippen molar-refractivity contribution in [1.29, 1.82) is 0 Å². The highest BCUT2D eigenvalue weighted by Crippen LogP contribution is 2.14. The average Bonchev–Trinajstić information content (AvgIpc) is 2.36. The van der Waals surface area contributed by atoms with Crippen molar-refractivity contribution >= 4 is 11.7 Å². The van der Waals surface area contributed by atoms with Crippen LogP contribution >= 0.6 is 0 Å². The number of carbonyl (C=O) groups is 1. The summed E-state index contributed by atoms with van der Waals surface area (Å²) in [5, 5.41) is 2.97. The third kappa shape index (κ3) is 4.02. The molecule has 0 saturated carbocycles. The van der Waals surface area contributed by atoms with E-state index in [1.54, 1.807) is 6.20 Å². The van der Waals surface area contributed by atoms with Gasteiger partial charge in [-0.3, -0.25) is 4.79 Å². The summed E-state index contributed by atoms with van der Waals surface area (Å²) in [7, 11) is 3.90. The van der Waals surface area contributed by atoms with Gasteiger partial charge < -0.3 is 10.2 Å². The van der Waals surface area contributed by atoms with Crippen molar-refractivity contribution in [2.75, 3.05) is 19.0 Å². The Morgan fingerprint density at radius 1 is 1.50 bits per heavy atom. The van der Waals surface area contributed by atoms with Crippen molar-refractivity contribution in [3.05, 3.63) is 23.9 Å². The molecule has 0 bridgehead atoms. The quantitative estimate of drug-likeness (QED) is 0.840. The summed E-state index contributed by atoms with van der Waals surface area (Å²) in [6, 6.07) is 3.89. The minimum absolute atomic E-state index is 0.0782. The average molecular weight is 249 g/mol. The second kappa shape index (κ2) is 6.99. The van der Waals surface area contributed by atoms with E-state index in [1.165, 1.54) is 0 Å². The van der Waals surface area contributed by atoms with Gasteiger partial charge in [-0.1, -0.05) is 26.3 Å². The fourth-order valence-electron chi connectivity index (χ4n) is 1.89. The van der Waals surface area contributed by atoms with Gasteiger partial charge in [0.2, 0.25) is 5.91 Å². The minimum atomic E-state index is 0.0782. The molecule has 0 fully saturated rings. The van der Waals surface area contributed by atoms with Gasteiger partial charge in [0.25, 0.3) is 0 Å². The Bertz CT molecular complexity index is 390. The molecule has 0 aliphatic heterocycles. The first kappa shape index (κ1) is 14.5. The van der Waals surface area contributed by atoms with Gasteiger partial charge in [0.05, 0.1) is 0 Å². The van der Waals surface area contributed by atoms with E-state index < -0.39 is 0 Å². The number of carbonyl (C=O) groups excluding carboxylic acids is 1. The fourth-order valence-corrected chi connectivity index (χ4v) is 1.89. The van der Waals surface area contributed by atoms with Crippen molar-refractivity contribution in [3.63, 3.8) is 0 Å². The Kier molecular flexibility index (Phi) is 5.62. The largest absolute Gasteiger partial charge is 0.362 e. The molecule has 1 aromatic rings. The molecule has 0 aromatic carbocycles. The molecule has 1 amide bonds. The van der Waals surface area contributed by atoms with E-state index in [0.29, 0.717) is 6.54 Å². The highest BCUT2D eigenvalue weighted by Gasteiger charge is 2.12. The smallest absolute Gasteiger partial charge is 0.223 e. The van der Waals surface area contributed by atoms with Gasteiger partial charge in [-0.05, 0) is 12.5 Å². The number of anilines is 1. The van der Waals surface area contributed by atoms with Crippen LogP contribution in [0.3, 0.4) is 0 Å². The lowest BCUT2D eigenvalue weighted by Crippen LogP contribution is -2.29. The molecule has 18 heavy (non-hydrogen) atoms. The molecule has 4 nitrogen and oxygen atoms in total. The van der Waals surface area contributed by atoms with Gasteiger partial charge in [0.1, 0.15) is 5.82 Å². The maximum atomic E-state index is 11.8. The number of rotatable bonds is 6. The van der Waals surface area contributed by atoms with Crippen LogP contribution in [0.2, 0.25) is 0 Å². The Balaban J connectivity index is 2.61. The van der Waals surface area contributed by atoms with E-state index in [-0.39, 0.29) is 11.8 Å². The third-order valence-corrected chi connectivity index (χ3v) is 2.91. The normalized spacial score (nSPS) is 12.0. The standard InChI is InChI=1S/C14H23N3O/c1-5-7-11(2)14(18)16-10-12-8-6-9-15-13(12)17(3)4/h6,8-9,11H,5,7,10H2,1-4H3,(H,16,18)/t11-/m1/s1. The molecule has 1 atom stereocenters. The lowest BCUT2D eigenvalue weighted by atomic mass is 10.1. The van der Waals surface area contributed by atoms with E-state index >= 15 is 0 Å². The number of hydrogen-bond acceptors (Lipinski definition) is 3. The number of aromatic nitrogens is 1. The van der Waals surface area contributed by atoms with Crippen molar-refractivity contribution < 1.29 is 4.79 Å². The molecule has 0 radical (unpaired) electrons. The van der Waals surface area contributed by atoms with Crippen LogP contribution in [0.1, 0.15) is 32.3 Å². The van der Waals surface area contributed by atoms with Gasteiger partial charge in [-0.25, -0.2) is 4.98 Å². The lowest BCUT2D eigenvalue weighted by Gasteiger charge is -2.17. The van der Waals surface area contributed by atoms with Crippen molar-refractivity contribution in [3.8, 4) is 0 Å². The predicted molar refractivity (Wildman–Crippen MR) is 74.5 cm³/mol. The number of amides is 1. The van der Waals surface area contributed by atoms with Crippen LogP contribution < -0.4 is 10.2 Å². The SMILES string of the molecule is CCC[C@@H](C)C(=O)NCc1cccnc1N(C)C. The Morgan fingerprint density at radius 3 is 2.83 bits per heavy atom. The molecule has 0 unspecified atom stereocenters. The number of nitrogens with zero attached hydrogens (tertiary/aromatic N) is 2. The lowest BCUT2D eigenvalue weighted by molar-refractivity contribution is -0.124. The summed E-state index contributed by atoms with van der Waals surface area (Å²) in [6.07, 6.45) is 3.73. The molecular weight excluding hydrogens is 226 g/mol. The zero-order chi connectivity index (χ0) is 13.5. The maximum absolute atomic E-state index is 11.8. The van der Waals surface area contributed by atoms with Gasteiger partial charge >= 0.3 is 0 Å². The summed E-state index contributed by atoms with van der Waals surface area (Å²) in [5.74, 6) is 1.10. The summed E-state index contributed by atoms with van der Waals surface area (Å²) in [6.45, 7) is 4.60. The Hall–Kier alpha value is -1.58. The molecule has 0 aliphatic carbocycles. The molecule has 0 saturated heterocycles. The fraction of sp³-hybridized carbons (Fsp3) is 0.571. The second-order valence-corrected chi connectivity index (χ2v) is 4.79. The van der Waals surface area contributed by atoms with E-state index in [0.717, 1.165) is 24.2 Å². The van der Waals surface area contributed by atoms with Crippen LogP contribution in [0.15, 0.2) is 18.3 Å². The van der Waals surface area contributed by atoms with E-state index in [2.05, 4.69) is 17.2 Å². The maximum Gasteiger partial charge on any atom is 0.223 e. The molecule has 0 spiro atoms. The van der Waals surface area contributed by atoms with Crippen molar-refractivity contribution in [2.24, 2.45) is 5.92 Å². The van der Waals surface area contributed by atoms with Gasteiger partial charge in [-0.15, -0.1) is 0 Å². The van der Waals surface area contributed by atoms with Crippen molar-refractivity contribution in [2.45, 2.75) is 33.2 Å². The molecular formula is C14H23N3O. The molecule has 0 aliphatic rings. The van der Waals surface area contributed by atoms with Crippen LogP contribution in [-0.4, -0.2) is 25.0 Å². The van der Waals surface area contributed by atoms with Crippen LogP contribution in [0.4, 0.5) is 5.82 Å². The van der Waals surface area contributed by atoms with Crippen LogP contribution in [0.25, 0.3) is 0 Å². The van der Waals surface area contributed by atoms with E-state index in [9.17, 15) is 4.79 Å². The molecule has 1 rings (SSSR count). The molecule has 4 heteroatoms.